The normalized spacial score (nSPS) is 14.3. The number of carbonyl (C=O) groups excluding carboxylic acids is 4. The number of rotatable bonds is 7. The van der Waals surface area contributed by atoms with Crippen LogP contribution in [0.5, 0.6) is 11.5 Å². The van der Waals surface area contributed by atoms with Gasteiger partial charge in [-0.1, -0.05) is 35.9 Å². The van der Waals surface area contributed by atoms with E-state index >= 15 is 0 Å². The number of aromatic hydroxyl groups is 1. The minimum absolute atomic E-state index is 0.0731. The molecule has 0 aromatic heterocycles. The third-order valence-electron chi connectivity index (χ3n) is 6.53. The highest BCUT2D eigenvalue weighted by Crippen LogP contribution is 2.35. The first-order valence-electron chi connectivity index (χ1n) is 12.5. The van der Waals surface area contributed by atoms with Crippen molar-refractivity contribution in [1.82, 2.24) is 10.2 Å². The van der Waals surface area contributed by atoms with Gasteiger partial charge in [-0.05, 0) is 57.9 Å². The molecule has 1 fully saturated rings. The summed E-state index contributed by atoms with van der Waals surface area (Å²) in [7, 11) is 1.40. The Morgan fingerprint density at radius 3 is 2.49 bits per heavy atom. The van der Waals surface area contributed by atoms with Gasteiger partial charge < -0.3 is 19.9 Å². The molecular weight excluding hydrogens is 502 g/mol. The summed E-state index contributed by atoms with van der Waals surface area (Å²) in [5.41, 5.74) is 1.15. The number of carbonyl (C=O) groups is 4. The minimum Gasteiger partial charge on any atom is -0.506 e. The van der Waals surface area contributed by atoms with Crippen molar-refractivity contribution in [3.8, 4) is 11.5 Å². The lowest BCUT2D eigenvalue weighted by atomic mass is 10.0. The van der Waals surface area contributed by atoms with Crippen LogP contribution in [0.2, 0.25) is 0 Å². The number of hydrogen-bond acceptors (Lipinski definition) is 7. The predicted octanol–water partition coefficient (Wildman–Crippen LogP) is 4.67. The van der Waals surface area contributed by atoms with Gasteiger partial charge in [-0.2, -0.15) is 4.90 Å². The van der Waals surface area contributed by atoms with E-state index < -0.39 is 29.5 Å². The molecule has 1 saturated heterocycles. The quantitative estimate of drug-likeness (QED) is 0.423. The standard InChI is InChI=1S/C29H31N3O7/c1-17-10-13-23(18(2)16-17)38-15-7-14-30-25(34)21-12-11-19-20(24(21)33)8-6-9-22(19)31(5)27(36)32-26(35)29(3,4)39-28(32)37/h6,8-13,16,33H,7,14-15H2,1-5H3,(H,30,34). The van der Waals surface area contributed by atoms with Crippen LogP contribution in [0.3, 0.4) is 0 Å². The highest BCUT2D eigenvalue weighted by Gasteiger charge is 2.51. The molecule has 0 radical (unpaired) electrons. The van der Waals surface area contributed by atoms with E-state index in [9.17, 15) is 24.3 Å². The van der Waals surface area contributed by atoms with Gasteiger partial charge in [0, 0.05) is 24.4 Å². The third kappa shape index (κ3) is 5.36. The molecule has 0 unspecified atom stereocenters. The number of benzene rings is 3. The molecule has 2 N–H and O–H groups in total. The monoisotopic (exact) mass is 533 g/mol. The van der Waals surface area contributed by atoms with Gasteiger partial charge in [0.05, 0.1) is 17.9 Å². The second-order valence-corrected chi connectivity index (χ2v) is 9.92. The summed E-state index contributed by atoms with van der Waals surface area (Å²) in [4.78, 5) is 52.1. The van der Waals surface area contributed by atoms with Crippen LogP contribution in [0.15, 0.2) is 48.5 Å². The summed E-state index contributed by atoms with van der Waals surface area (Å²) in [5.74, 6) is -0.681. The Labute approximate surface area is 226 Å². The predicted molar refractivity (Wildman–Crippen MR) is 145 cm³/mol. The average molecular weight is 534 g/mol. The molecule has 10 nitrogen and oxygen atoms in total. The lowest BCUT2D eigenvalue weighted by Crippen LogP contribution is -2.46. The zero-order valence-corrected chi connectivity index (χ0v) is 22.5. The fraction of sp³-hybridized carbons (Fsp3) is 0.310. The molecule has 204 valence electrons. The number of fused-ring (bicyclic) bond motifs is 1. The van der Waals surface area contributed by atoms with Gasteiger partial charge in [0.2, 0.25) is 0 Å². The molecule has 1 aliphatic rings. The summed E-state index contributed by atoms with van der Waals surface area (Å²) in [6, 6.07) is 12.9. The van der Waals surface area contributed by atoms with Crippen molar-refractivity contribution in [3.63, 3.8) is 0 Å². The van der Waals surface area contributed by atoms with E-state index in [4.69, 9.17) is 9.47 Å². The topological polar surface area (TPSA) is 125 Å². The number of phenolic OH excluding ortho intramolecular Hbond substituents is 1. The van der Waals surface area contributed by atoms with E-state index in [0.29, 0.717) is 40.9 Å². The van der Waals surface area contributed by atoms with Crippen molar-refractivity contribution in [3.05, 3.63) is 65.2 Å². The van der Waals surface area contributed by atoms with Crippen molar-refractivity contribution in [2.24, 2.45) is 0 Å². The van der Waals surface area contributed by atoms with Crippen molar-refractivity contribution in [2.45, 2.75) is 39.7 Å². The number of hydrogen-bond donors (Lipinski definition) is 2. The first-order valence-corrected chi connectivity index (χ1v) is 12.5. The second-order valence-electron chi connectivity index (χ2n) is 9.92. The highest BCUT2D eigenvalue weighted by atomic mass is 16.6. The first-order chi connectivity index (χ1) is 18.4. The van der Waals surface area contributed by atoms with E-state index in [1.807, 2.05) is 32.0 Å². The number of nitrogens with zero attached hydrogens (tertiary/aromatic N) is 2. The van der Waals surface area contributed by atoms with Gasteiger partial charge in [0.25, 0.3) is 11.8 Å². The first kappa shape index (κ1) is 27.4. The average Bonchev–Trinajstić information content (AvgIpc) is 3.09. The lowest BCUT2D eigenvalue weighted by molar-refractivity contribution is -0.132. The van der Waals surface area contributed by atoms with Gasteiger partial charge in [-0.25, -0.2) is 9.59 Å². The summed E-state index contributed by atoms with van der Waals surface area (Å²) >= 11 is 0. The Kier molecular flexibility index (Phi) is 7.49. The third-order valence-corrected chi connectivity index (χ3v) is 6.53. The Balaban J connectivity index is 1.44. The highest BCUT2D eigenvalue weighted by molar-refractivity contribution is 6.19. The van der Waals surface area contributed by atoms with Gasteiger partial charge in [0.15, 0.2) is 5.60 Å². The van der Waals surface area contributed by atoms with Crippen LogP contribution in [-0.2, 0) is 9.53 Å². The van der Waals surface area contributed by atoms with Crippen LogP contribution in [0, 0.1) is 13.8 Å². The number of ether oxygens (including phenoxy) is 2. The molecule has 0 atom stereocenters. The number of amides is 5. The zero-order valence-electron chi connectivity index (χ0n) is 22.5. The molecule has 1 aliphatic heterocycles. The van der Waals surface area contributed by atoms with E-state index in [-0.39, 0.29) is 11.3 Å². The van der Waals surface area contributed by atoms with Crippen LogP contribution in [0.4, 0.5) is 15.3 Å². The maximum Gasteiger partial charge on any atom is 0.426 e. The lowest BCUT2D eigenvalue weighted by Gasteiger charge is -2.23. The maximum absolute atomic E-state index is 13.0. The molecule has 3 aromatic rings. The van der Waals surface area contributed by atoms with E-state index in [1.54, 1.807) is 24.3 Å². The number of aryl methyl sites for hydroxylation is 2. The Morgan fingerprint density at radius 2 is 1.82 bits per heavy atom. The Morgan fingerprint density at radius 1 is 1.08 bits per heavy atom. The maximum atomic E-state index is 13.0. The summed E-state index contributed by atoms with van der Waals surface area (Å²) in [6.45, 7) is 7.56. The molecule has 0 bridgehead atoms. The fourth-order valence-corrected chi connectivity index (χ4v) is 4.39. The number of urea groups is 1. The number of imide groups is 3. The molecule has 0 spiro atoms. The van der Waals surface area contributed by atoms with Gasteiger partial charge in [-0.15, -0.1) is 0 Å². The van der Waals surface area contributed by atoms with Gasteiger partial charge >= 0.3 is 12.1 Å². The summed E-state index contributed by atoms with van der Waals surface area (Å²) in [5, 5.41) is 14.5. The Hall–Kier alpha value is -4.60. The van der Waals surface area contributed by atoms with Gasteiger partial charge in [-0.3, -0.25) is 14.5 Å². The summed E-state index contributed by atoms with van der Waals surface area (Å²) in [6.07, 6.45) is -0.484. The largest absolute Gasteiger partial charge is 0.506 e. The molecule has 10 heteroatoms. The van der Waals surface area contributed by atoms with E-state index in [0.717, 1.165) is 21.8 Å². The molecule has 39 heavy (non-hydrogen) atoms. The molecule has 1 heterocycles. The molecular formula is C29H31N3O7. The number of anilines is 1. The molecule has 0 aliphatic carbocycles. The smallest absolute Gasteiger partial charge is 0.426 e. The molecule has 4 rings (SSSR count). The molecule has 3 aromatic carbocycles. The van der Waals surface area contributed by atoms with Crippen LogP contribution < -0.4 is 15.0 Å². The van der Waals surface area contributed by atoms with Crippen LogP contribution in [0.25, 0.3) is 10.8 Å². The van der Waals surface area contributed by atoms with Crippen LogP contribution >= 0.6 is 0 Å². The van der Waals surface area contributed by atoms with Crippen molar-refractivity contribution in [2.75, 3.05) is 25.1 Å². The zero-order chi connectivity index (χ0) is 28.5. The van der Waals surface area contributed by atoms with Gasteiger partial charge in [0.1, 0.15) is 11.5 Å². The number of phenols is 1. The van der Waals surface area contributed by atoms with Crippen LogP contribution in [0.1, 0.15) is 41.8 Å². The van der Waals surface area contributed by atoms with Crippen molar-refractivity contribution >= 4 is 40.4 Å². The molecule has 0 saturated carbocycles. The fourth-order valence-electron chi connectivity index (χ4n) is 4.39. The Bertz CT molecular complexity index is 1480. The number of nitrogens with one attached hydrogen (secondary N) is 1. The SMILES string of the molecule is Cc1ccc(OCCCNC(=O)c2ccc3c(N(C)C(=O)N4C(=O)OC(C)(C)C4=O)cccc3c2O)c(C)c1. The minimum atomic E-state index is -1.45. The van der Waals surface area contributed by atoms with Crippen molar-refractivity contribution < 1.29 is 33.8 Å². The van der Waals surface area contributed by atoms with Crippen molar-refractivity contribution in [1.29, 1.82) is 0 Å². The molecule has 5 amide bonds. The van der Waals surface area contributed by atoms with E-state index in [1.165, 1.54) is 27.0 Å². The second kappa shape index (κ2) is 10.6. The summed E-state index contributed by atoms with van der Waals surface area (Å²) < 4.78 is 10.8. The number of cyclic esters (lactones) is 1. The van der Waals surface area contributed by atoms with E-state index in [2.05, 4.69) is 5.32 Å². The van der Waals surface area contributed by atoms with Crippen LogP contribution in [-0.4, -0.2) is 59.7 Å².